The quantitative estimate of drug-likeness (QED) is 0.363. The van der Waals surface area contributed by atoms with E-state index in [1.807, 2.05) is 18.2 Å². The summed E-state index contributed by atoms with van der Waals surface area (Å²) in [5.74, 6) is 0.289. The van der Waals surface area contributed by atoms with Gasteiger partial charge in [0.2, 0.25) is 0 Å². The molecule has 0 fully saturated rings. The van der Waals surface area contributed by atoms with Crippen LogP contribution < -0.4 is 5.73 Å². The number of anilines is 1. The molecule has 0 spiro atoms. The van der Waals surface area contributed by atoms with E-state index in [-0.39, 0.29) is 5.78 Å². The Morgan fingerprint density at radius 3 is 2.14 bits per heavy atom. The lowest BCUT2D eigenvalue weighted by Gasteiger charge is -2.15. The van der Waals surface area contributed by atoms with Gasteiger partial charge in [0.05, 0.1) is 10.6 Å². The van der Waals surface area contributed by atoms with Gasteiger partial charge in [0.25, 0.3) is 0 Å². The van der Waals surface area contributed by atoms with Gasteiger partial charge in [-0.2, -0.15) is 0 Å². The van der Waals surface area contributed by atoms with E-state index in [1.165, 1.54) is 31.7 Å². The molecule has 3 aromatic rings. The normalized spacial score (nSPS) is 14.9. The Hall–Kier alpha value is -1.50. The number of halogens is 2. The molecular weight excluding hydrogens is 500 g/mol. The third-order valence-corrected chi connectivity index (χ3v) is 7.61. The van der Waals surface area contributed by atoms with Crippen LogP contribution in [0.25, 0.3) is 10.4 Å². The molecule has 0 aliphatic heterocycles. The topological polar surface area (TPSA) is 56.0 Å². The second-order valence-corrected chi connectivity index (χ2v) is 9.73. The van der Waals surface area contributed by atoms with Gasteiger partial charge in [0.15, 0.2) is 10.9 Å². The van der Waals surface area contributed by atoms with Gasteiger partial charge in [-0.1, -0.05) is 67.5 Å². The van der Waals surface area contributed by atoms with E-state index in [1.54, 1.807) is 11.3 Å². The predicted molar refractivity (Wildman–Crippen MR) is 123 cm³/mol. The van der Waals surface area contributed by atoms with E-state index in [4.69, 9.17) is 5.73 Å². The van der Waals surface area contributed by atoms with Crippen LogP contribution in [0.15, 0.2) is 45.3 Å². The van der Waals surface area contributed by atoms with E-state index >= 15 is 0 Å². The van der Waals surface area contributed by atoms with Gasteiger partial charge >= 0.3 is 0 Å². The minimum atomic E-state index is 0.289. The molecule has 2 N–H and O–H groups in total. The maximum Gasteiger partial charge on any atom is 0.180 e. The van der Waals surface area contributed by atoms with Gasteiger partial charge in [-0.15, -0.1) is 0 Å². The number of aryl methyl sites for hydroxylation is 1. The highest BCUT2D eigenvalue weighted by Crippen LogP contribution is 2.40. The van der Waals surface area contributed by atoms with E-state index in [9.17, 15) is 4.79 Å². The van der Waals surface area contributed by atoms with E-state index in [0.717, 1.165) is 42.1 Å². The summed E-state index contributed by atoms with van der Waals surface area (Å²) in [4.78, 5) is 17.1. The summed E-state index contributed by atoms with van der Waals surface area (Å²) in [6.45, 7) is 0. The van der Waals surface area contributed by atoms with Crippen molar-refractivity contribution in [2.24, 2.45) is 0 Å². The number of carbonyl (C=O) groups is 1. The first-order valence-electron chi connectivity index (χ1n) is 9.38. The summed E-state index contributed by atoms with van der Waals surface area (Å²) in [5.41, 5.74) is 11.8. The number of benzene rings is 2. The molecule has 0 saturated carbocycles. The van der Waals surface area contributed by atoms with Crippen molar-refractivity contribution >= 4 is 54.1 Å². The molecule has 0 bridgehead atoms. The van der Waals surface area contributed by atoms with Gasteiger partial charge in [0, 0.05) is 20.9 Å². The summed E-state index contributed by atoms with van der Waals surface area (Å²) in [6, 6.07) is 12.2. The molecule has 1 aromatic heterocycles. The first kappa shape index (κ1) is 19.8. The summed E-state index contributed by atoms with van der Waals surface area (Å²) in [5, 5.41) is 0.679. The molecule has 1 heterocycles. The summed E-state index contributed by atoms with van der Waals surface area (Å²) >= 11 is 8.69. The van der Waals surface area contributed by atoms with E-state index in [2.05, 4.69) is 55.0 Å². The molecule has 28 heavy (non-hydrogen) atoms. The average Bonchev–Trinajstić information content (AvgIpc) is 2.96. The number of hydrogen-bond donors (Lipinski definition) is 1. The Labute approximate surface area is 185 Å². The van der Waals surface area contributed by atoms with Gasteiger partial charge in [-0.3, -0.25) is 4.79 Å². The molecule has 144 valence electrons. The van der Waals surface area contributed by atoms with Crippen LogP contribution in [0.4, 0.5) is 5.13 Å². The molecule has 0 atom stereocenters. The molecule has 0 radical (unpaired) electrons. The van der Waals surface area contributed by atoms with Crippen LogP contribution in [-0.2, 0) is 19.3 Å². The number of carbonyl (C=O) groups excluding carboxylic acids is 1. The van der Waals surface area contributed by atoms with E-state index in [0.29, 0.717) is 11.6 Å². The monoisotopic (exact) mass is 518 g/mol. The fourth-order valence-corrected chi connectivity index (χ4v) is 5.90. The molecular formula is C22H20Br2N2OS. The zero-order valence-electron chi connectivity index (χ0n) is 15.3. The second-order valence-electron chi connectivity index (χ2n) is 6.99. The Kier molecular flexibility index (Phi) is 5.99. The zero-order valence-corrected chi connectivity index (χ0v) is 19.3. The second kappa shape index (κ2) is 8.47. The zero-order chi connectivity index (χ0) is 19.7. The molecule has 0 saturated heterocycles. The largest absolute Gasteiger partial charge is 0.375 e. The SMILES string of the molecule is Nc1nc2c(s1)-c1cccc(Br)c1CCC2.O=C1CCCc2c(Br)cccc21. The average molecular weight is 520 g/mol. The predicted octanol–water partition coefficient (Wildman–Crippen LogP) is 6.61. The fraction of sp³-hybridized carbons (Fsp3) is 0.273. The standard InChI is InChI=1S/C12H11BrN2S.C10H9BrO/c13-9-5-1-4-8-7(9)3-2-6-10-11(8)16-12(14)15-10;11-9-5-1-4-8-7(9)3-2-6-10(8)12/h1,4-5H,2-3,6H2,(H2,14,15);1,4-5H,2-3,6H2. The molecule has 3 nitrogen and oxygen atoms in total. The van der Waals surface area contributed by atoms with Gasteiger partial charge in [-0.05, 0) is 60.9 Å². The van der Waals surface area contributed by atoms with Crippen LogP contribution in [0.2, 0.25) is 0 Å². The molecule has 2 aliphatic carbocycles. The number of thiazole rings is 1. The Bertz CT molecular complexity index is 1050. The summed E-state index contributed by atoms with van der Waals surface area (Å²) in [7, 11) is 0. The third kappa shape index (κ3) is 3.95. The van der Waals surface area contributed by atoms with E-state index < -0.39 is 0 Å². The van der Waals surface area contributed by atoms with Crippen molar-refractivity contribution in [3.63, 3.8) is 0 Å². The highest BCUT2D eigenvalue weighted by molar-refractivity contribution is 9.10. The molecule has 2 aromatic carbocycles. The first-order chi connectivity index (χ1) is 13.5. The molecule has 6 heteroatoms. The molecule has 5 rings (SSSR count). The Morgan fingerprint density at radius 1 is 0.857 bits per heavy atom. The fourth-order valence-electron chi connectivity index (χ4n) is 3.84. The Balaban J connectivity index is 0.000000143. The van der Waals surface area contributed by atoms with Crippen LogP contribution in [0.5, 0.6) is 0 Å². The number of nitrogens with two attached hydrogens (primary N) is 1. The van der Waals surface area contributed by atoms with Crippen molar-refractivity contribution in [3.8, 4) is 10.4 Å². The van der Waals surface area contributed by atoms with Crippen molar-refractivity contribution < 1.29 is 4.79 Å². The highest BCUT2D eigenvalue weighted by atomic mass is 79.9. The van der Waals surface area contributed by atoms with Crippen LogP contribution in [0.3, 0.4) is 0 Å². The van der Waals surface area contributed by atoms with Gasteiger partial charge in [-0.25, -0.2) is 4.98 Å². The van der Waals surface area contributed by atoms with Crippen LogP contribution in [-0.4, -0.2) is 10.8 Å². The summed E-state index contributed by atoms with van der Waals surface area (Å²) in [6.07, 6.45) is 6.02. The first-order valence-corrected chi connectivity index (χ1v) is 11.8. The van der Waals surface area contributed by atoms with Crippen LogP contribution in [0, 0.1) is 0 Å². The number of hydrogen-bond acceptors (Lipinski definition) is 4. The number of ketones is 1. The highest BCUT2D eigenvalue weighted by Gasteiger charge is 2.20. The number of nitrogens with zero attached hydrogens (tertiary/aromatic N) is 1. The van der Waals surface area contributed by atoms with Gasteiger partial charge in [0.1, 0.15) is 0 Å². The lowest BCUT2D eigenvalue weighted by Crippen LogP contribution is -2.10. The molecule has 0 unspecified atom stereocenters. The van der Waals surface area contributed by atoms with Crippen LogP contribution >= 0.6 is 43.2 Å². The van der Waals surface area contributed by atoms with Crippen molar-refractivity contribution in [1.29, 1.82) is 0 Å². The summed E-state index contributed by atoms with van der Waals surface area (Å²) < 4.78 is 2.28. The van der Waals surface area contributed by atoms with Crippen molar-refractivity contribution in [3.05, 3.63) is 67.7 Å². The van der Waals surface area contributed by atoms with Crippen molar-refractivity contribution in [2.45, 2.75) is 38.5 Å². The minimum Gasteiger partial charge on any atom is -0.375 e. The van der Waals surface area contributed by atoms with Crippen molar-refractivity contribution in [1.82, 2.24) is 4.98 Å². The van der Waals surface area contributed by atoms with Crippen molar-refractivity contribution in [2.75, 3.05) is 5.73 Å². The van der Waals surface area contributed by atoms with Crippen LogP contribution in [0.1, 0.15) is 46.4 Å². The maximum atomic E-state index is 11.4. The number of Topliss-reactive ketones (excluding diaryl/α,β-unsaturated/α-hetero) is 1. The number of rotatable bonds is 0. The lowest BCUT2D eigenvalue weighted by atomic mass is 9.91. The maximum absolute atomic E-state index is 11.4. The molecule has 2 aliphatic rings. The lowest BCUT2D eigenvalue weighted by molar-refractivity contribution is 0.0972. The minimum absolute atomic E-state index is 0.289. The number of nitrogen functional groups attached to an aromatic ring is 1. The third-order valence-electron chi connectivity index (χ3n) is 5.17. The molecule has 0 amide bonds. The smallest absolute Gasteiger partial charge is 0.180 e. The number of aromatic nitrogens is 1. The number of fused-ring (bicyclic) bond motifs is 4. The Morgan fingerprint density at radius 2 is 1.46 bits per heavy atom. The van der Waals surface area contributed by atoms with Gasteiger partial charge < -0.3 is 5.73 Å².